The highest BCUT2D eigenvalue weighted by atomic mass is 127. The Morgan fingerprint density at radius 2 is 2.16 bits per heavy atom. The zero-order valence-electron chi connectivity index (χ0n) is 14.7. The summed E-state index contributed by atoms with van der Waals surface area (Å²) in [6, 6.07) is 10.2. The van der Waals surface area contributed by atoms with E-state index in [-0.39, 0.29) is 24.0 Å². The van der Waals surface area contributed by atoms with Gasteiger partial charge in [-0.2, -0.15) is 11.8 Å². The fourth-order valence-electron chi connectivity index (χ4n) is 2.29. The molecule has 0 bridgehead atoms. The molecule has 0 atom stereocenters. The van der Waals surface area contributed by atoms with Crippen molar-refractivity contribution in [1.82, 2.24) is 20.2 Å². The minimum atomic E-state index is 0. The van der Waals surface area contributed by atoms with Crippen LogP contribution in [-0.2, 0) is 6.54 Å². The van der Waals surface area contributed by atoms with Crippen LogP contribution in [0.4, 0.5) is 0 Å². The summed E-state index contributed by atoms with van der Waals surface area (Å²) in [4.78, 5) is 14.2. The van der Waals surface area contributed by atoms with Gasteiger partial charge in [-0.3, -0.25) is 4.99 Å². The number of aromatic nitrogens is 2. The first-order chi connectivity index (χ1) is 11.7. The topological polar surface area (TPSA) is 56.3 Å². The molecule has 1 aromatic heterocycles. The summed E-state index contributed by atoms with van der Waals surface area (Å²) in [7, 11) is 3.81. The number of rotatable bonds is 8. The lowest BCUT2D eigenvalue weighted by Gasteiger charge is -2.21. The van der Waals surface area contributed by atoms with E-state index in [2.05, 4.69) is 43.9 Å². The number of thioether (sulfide) groups is 1. The lowest BCUT2D eigenvalue weighted by atomic mass is 10.2. The van der Waals surface area contributed by atoms with E-state index in [9.17, 15) is 0 Å². The van der Waals surface area contributed by atoms with Gasteiger partial charge in [0.05, 0.1) is 18.4 Å². The molecule has 0 fully saturated rings. The molecule has 0 unspecified atom stereocenters. The number of H-pyrrole nitrogens is 1. The maximum Gasteiger partial charge on any atom is 0.193 e. The van der Waals surface area contributed by atoms with Crippen molar-refractivity contribution in [3.8, 4) is 11.3 Å². The minimum Gasteiger partial charge on any atom is -0.355 e. The summed E-state index contributed by atoms with van der Waals surface area (Å²) in [6.45, 7) is 5.28. The summed E-state index contributed by atoms with van der Waals surface area (Å²) in [5, 5.41) is 3.37. The van der Waals surface area contributed by atoms with Crippen molar-refractivity contribution in [2.75, 3.05) is 32.1 Å². The van der Waals surface area contributed by atoms with Crippen LogP contribution in [0.2, 0.25) is 0 Å². The van der Waals surface area contributed by atoms with Gasteiger partial charge in [0, 0.05) is 32.1 Å². The van der Waals surface area contributed by atoms with Crippen LogP contribution in [0.5, 0.6) is 0 Å². The molecule has 7 heteroatoms. The normalized spacial score (nSPS) is 10.9. The number of aromatic amines is 1. The average Bonchev–Trinajstić information content (AvgIpc) is 3.07. The molecule has 1 heterocycles. The van der Waals surface area contributed by atoms with Crippen LogP contribution in [-0.4, -0.2) is 53.0 Å². The largest absolute Gasteiger partial charge is 0.355 e. The SMILES string of the molecule is C=CCSCCNC(=NC)N(C)Cc1ncc(-c2ccccc2)[nH]1.I. The molecule has 136 valence electrons. The molecule has 2 rings (SSSR count). The number of imidazole rings is 1. The Bertz CT molecular complexity index is 656. The molecule has 0 saturated carbocycles. The fourth-order valence-corrected chi connectivity index (χ4v) is 2.87. The van der Waals surface area contributed by atoms with Crippen LogP contribution >= 0.6 is 35.7 Å². The molecular formula is C18H26IN5S. The van der Waals surface area contributed by atoms with Crippen LogP contribution in [0, 0.1) is 0 Å². The Kier molecular flexibility index (Phi) is 10.3. The van der Waals surface area contributed by atoms with Crippen molar-refractivity contribution in [1.29, 1.82) is 0 Å². The van der Waals surface area contributed by atoms with Crippen LogP contribution in [0.15, 0.2) is 54.2 Å². The molecule has 0 amide bonds. The Hall–Kier alpha value is -1.48. The number of benzene rings is 1. The van der Waals surface area contributed by atoms with E-state index in [1.807, 2.05) is 49.3 Å². The summed E-state index contributed by atoms with van der Waals surface area (Å²) < 4.78 is 0. The van der Waals surface area contributed by atoms with Gasteiger partial charge < -0.3 is 15.2 Å². The number of nitrogens with zero attached hydrogens (tertiary/aromatic N) is 3. The van der Waals surface area contributed by atoms with Gasteiger partial charge in [-0.05, 0) is 5.56 Å². The average molecular weight is 471 g/mol. The zero-order chi connectivity index (χ0) is 17.2. The second-order valence-electron chi connectivity index (χ2n) is 5.30. The van der Waals surface area contributed by atoms with Gasteiger partial charge in [0.15, 0.2) is 5.96 Å². The maximum atomic E-state index is 4.47. The fraction of sp³-hybridized carbons (Fsp3) is 0.333. The van der Waals surface area contributed by atoms with Crippen LogP contribution < -0.4 is 5.32 Å². The minimum absolute atomic E-state index is 0. The quantitative estimate of drug-likeness (QED) is 0.203. The predicted molar refractivity (Wildman–Crippen MR) is 120 cm³/mol. The molecule has 0 aliphatic heterocycles. The molecule has 0 aliphatic rings. The van der Waals surface area contributed by atoms with Crippen molar-refractivity contribution in [3.63, 3.8) is 0 Å². The van der Waals surface area contributed by atoms with Crippen molar-refractivity contribution < 1.29 is 0 Å². The lowest BCUT2D eigenvalue weighted by Crippen LogP contribution is -2.39. The van der Waals surface area contributed by atoms with Crippen molar-refractivity contribution in [2.45, 2.75) is 6.54 Å². The number of nitrogens with one attached hydrogen (secondary N) is 2. The first kappa shape index (κ1) is 21.6. The van der Waals surface area contributed by atoms with Gasteiger partial charge in [0.2, 0.25) is 0 Å². The van der Waals surface area contributed by atoms with E-state index < -0.39 is 0 Å². The van der Waals surface area contributed by atoms with E-state index >= 15 is 0 Å². The Morgan fingerprint density at radius 3 is 2.84 bits per heavy atom. The summed E-state index contributed by atoms with van der Waals surface area (Å²) in [5.41, 5.74) is 2.17. The Labute approximate surface area is 171 Å². The van der Waals surface area contributed by atoms with Crippen molar-refractivity contribution in [3.05, 3.63) is 55.0 Å². The molecule has 0 saturated heterocycles. The summed E-state index contributed by atoms with van der Waals surface area (Å²) >= 11 is 1.85. The third kappa shape index (κ3) is 7.11. The van der Waals surface area contributed by atoms with Gasteiger partial charge in [-0.25, -0.2) is 4.98 Å². The van der Waals surface area contributed by atoms with Gasteiger partial charge >= 0.3 is 0 Å². The van der Waals surface area contributed by atoms with Gasteiger partial charge in [-0.15, -0.1) is 30.6 Å². The molecule has 2 aromatic rings. The van der Waals surface area contributed by atoms with Gasteiger partial charge in [0.25, 0.3) is 0 Å². The second-order valence-corrected chi connectivity index (χ2v) is 6.45. The van der Waals surface area contributed by atoms with Gasteiger partial charge in [-0.1, -0.05) is 36.4 Å². The number of hydrogen-bond donors (Lipinski definition) is 2. The van der Waals surface area contributed by atoms with Crippen molar-refractivity contribution >= 4 is 41.7 Å². The highest BCUT2D eigenvalue weighted by Gasteiger charge is 2.09. The molecule has 5 nitrogen and oxygen atoms in total. The smallest absolute Gasteiger partial charge is 0.193 e. The second kappa shape index (κ2) is 12.0. The maximum absolute atomic E-state index is 4.47. The predicted octanol–water partition coefficient (Wildman–Crippen LogP) is 3.62. The van der Waals surface area contributed by atoms with E-state index in [0.717, 1.165) is 41.1 Å². The zero-order valence-corrected chi connectivity index (χ0v) is 17.9. The third-order valence-electron chi connectivity index (χ3n) is 3.44. The summed E-state index contributed by atoms with van der Waals surface area (Å²) in [6.07, 6.45) is 3.80. The third-order valence-corrected chi connectivity index (χ3v) is 4.40. The first-order valence-electron chi connectivity index (χ1n) is 7.94. The number of hydrogen-bond acceptors (Lipinski definition) is 3. The molecule has 25 heavy (non-hydrogen) atoms. The van der Waals surface area contributed by atoms with E-state index in [4.69, 9.17) is 0 Å². The molecule has 0 radical (unpaired) electrons. The van der Waals surface area contributed by atoms with E-state index in [1.54, 1.807) is 7.05 Å². The number of halogens is 1. The van der Waals surface area contributed by atoms with Crippen LogP contribution in [0.25, 0.3) is 11.3 Å². The summed E-state index contributed by atoms with van der Waals surface area (Å²) in [5.74, 6) is 3.79. The van der Waals surface area contributed by atoms with Gasteiger partial charge in [0.1, 0.15) is 5.82 Å². The molecular weight excluding hydrogens is 445 g/mol. The number of guanidine groups is 1. The lowest BCUT2D eigenvalue weighted by molar-refractivity contribution is 0.466. The highest BCUT2D eigenvalue weighted by molar-refractivity contribution is 14.0. The Balaban J connectivity index is 0.00000312. The van der Waals surface area contributed by atoms with Crippen LogP contribution in [0.3, 0.4) is 0 Å². The van der Waals surface area contributed by atoms with E-state index in [1.165, 1.54) is 0 Å². The molecule has 1 aromatic carbocycles. The standard InChI is InChI=1S/C18H25N5S.HI/c1-4-11-24-12-10-20-18(19-2)23(3)14-17-21-13-16(22-17)15-8-6-5-7-9-15;/h4-9,13H,1,10-12,14H2,2-3H3,(H,19,20)(H,21,22);1H. The molecule has 2 N–H and O–H groups in total. The monoisotopic (exact) mass is 471 g/mol. The first-order valence-corrected chi connectivity index (χ1v) is 9.09. The van der Waals surface area contributed by atoms with Crippen molar-refractivity contribution in [2.24, 2.45) is 4.99 Å². The molecule has 0 spiro atoms. The molecule has 0 aliphatic carbocycles. The number of aliphatic imine (C=N–C) groups is 1. The highest BCUT2D eigenvalue weighted by Crippen LogP contribution is 2.16. The van der Waals surface area contributed by atoms with Crippen LogP contribution in [0.1, 0.15) is 5.82 Å². The Morgan fingerprint density at radius 1 is 1.40 bits per heavy atom. The van der Waals surface area contributed by atoms with E-state index in [0.29, 0.717) is 6.54 Å².